The Morgan fingerprint density at radius 1 is 1.35 bits per heavy atom. The van der Waals surface area contributed by atoms with E-state index in [1.54, 1.807) is 6.07 Å². The lowest BCUT2D eigenvalue weighted by atomic mass is 10.1. The summed E-state index contributed by atoms with van der Waals surface area (Å²) in [6, 6.07) is 9.74. The molecule has 23 heavy (non-hydrogen) atoms. The summed E-state index contributed by atoms with van der Waals surface area (Å²) < 4.78 is 6.13. The second-order valence-corrected chi connectivity index (χ2v) is 5.40. The number of ether oxygens (including phenoxy) is 1. The minimum absolute atomic E-state index is 0.166. The Labute approximate surface area is 139 Å². The maximum absolute atomic E-state index is 12.3. The Morgan fingerprint density at radius 2 is 2.09 bits per heavy atom. The Balaban J connectivity index is 2.14. The van der Waals surface area contributed by atoms with Crippen molar-refractivity contribution in [2.24, 2.45) is 0 Å². The molecular formula is C16H18ClN3O3. The van der Waals surface area contributed by atoms with Crippen LogP contribution in [-0.4, -0.2) is 29.4 Å². The van der Waals surface area contributed by atoms with Gasteiger partial charge in [-0.1, -0.05) is 29.8 Å². The monoisotopic (exact) mass is 335 g/mol. The number of nitrogens with zero attached hydrogens (tertiary/aromatic N) is 2. The van der Waals surface area contributed by atoms with Crippen LogP contribution in [0.5, 0.6) is 0 Å². The molecule has 0 fully saturated rings. The fraction of sp³-hybridized carbons (Fsp3) is 0.312. The SMILES string of the molecule is COCCn1nc(C(=O)NC(C)c2ccccc2Cl)ccc1=O. The summed E-state index contributed by atoms with van der Waals surface area (Å²) in [5, 5.41) is 7.46. The average molecular weight is 336 g/mol. The highest BCUT2D eigenvalue weighted by atomic mass is 35.5. The van der Waals surface area contributed by atoms with Gasteiger partial charge in [-0.15, -0.1) is 0 Å². The standard InChI is InChI=1S/C16H18ClN3O3/c1-11(12-5-3-4-6-13(12)17)18-16(22)14-7-8-15(21)20(19-14)9-10-23-2/h3-8,11H,9-10H2,1-2H3,(H,18,22). The van der Waals surface area contributed by atoms with E-state index in [9.17, 15) is 9.59 Å². The topological polar surface area (TPSA) is 73.2 Å². The summed E-state index contributed by atoms with van der Waals surface area (Å²) in [6.45, 7) is 2.46. The number of benzene rings is 1. The number of nitrogens with one attached hydrogen (secondary N) is 1. The smallest absolute Gasteiger partial charge is 0.272 e. The summed E-state index contributed by atoms with van der Waals surface area (Å²) in [5.41, 5.74) is 0.701. The maximum Gasteiger partial charge on any atom is 0.272 e. The van der Waals surface area contributed by atoms with E-state index >= 15 is 0 Å². The third-order valence-corrected chi connectivity index (χ3v) is 3.67. The summed E-state index contributed by atoms with van der Waals surface area (Å²) in [7, 11) is 1.53. The molecule has 0 aliphatic heterocycles. The maximum atomic E-state index is 12.3. The molecule has 2 rings (SSSR count). The molecule has 0 saturated carbocycles. The van der Waals surface area contributed by atoms with Gasteiger partial charge >= 0.3 is 0 Å². The highest BCUT2D eigenvalue weighted by molar-refractivity contribution is 6.31. The second kappa shape index (κ2) is 7.89. The first-order chi connectivity index (χ1) is 11.0. The molecule has 0 spiro atoms. The van der Waals surface area contributed by atoms with Crippen molar-refractivity contribution in [3.8, 4) is 0 Å². The van der Waals surface area contributed by atoms with Gasteiger partial charge in [0, 0.05) is 18.2 Å². The molecule has 2 aromatic rings. The number of amides is 1. The molecule has 0 radical (unpaired) electrons. The molecule has 1 atom stereocenters. The highest BCUT2D eigenvalue weighted by Gasteiger charge is 2.15. The molecule has 1 aromatic carbocycles. The van der Waals surface area contributed by atoms with Crippen LogP contribution in [0.1, 0.15) is 29.0 Å². The van der Waals surface area contributed by atoms with Gasteiger partial charge in [0.15, 0.2) is 0 Å². The summed E-state index contributed by atoms with van der Waals surface area (Å²) in [6.07, 6.45) is 0. The van der Waals surface area contributed by atoms with Crippen LogP contribution in [0.4, 0.5) is 0 Å². The minimum Gasteiger partial charge on any atom is -0.383 e. The summed E-state index contributed by atoms with van der Waals surface area (Å²) >= 11 is 6.13. The third kappa shape index (κ3) is 4.40. The van der Waals surface area contributed by atoms with Gasteiger partial charge in [0.2, 0.25) is 0 Å². The molecule has 0 aliphatic rings. The normalized spacial score (nSPS) is 12.0. The number of carbonyl (C=O) groups excluding carboxylic acids is 1. The van der Waals surface area contributed by atoms with Crippen LogP contribution >= 0.6 is 11.6 Å². The van der Waals surface area contributed by atoms with Gasteiger partial charge in [-0.25, -0.2) is 4.68 Å². The first kappa shape index (κ1) is 17.2. The van der Waals surface area contributed by atoms with Crippen molar-refractivity contribution >= 4 is 17.5 Å². The molecule has 1 amide bonds. The number of methoxy groups -OCH3 is 1. The summed E-state index contributed by atoms with van der Waals surface area (Å²) in [5.74, 6) is -0.372. The van der Waals surface area contributed by atoms with E-state index in [1.165, 1.54) is 23.9 Å². The molecule has 0 bridgehead atoms. The van der Waals surface area contributed by atoms with Crippen molar-refractivity contribution in [2.45, 2.75) is 19.5 Å². The predicted molar refractivity (Wildman–Crippen MR) is 87.7 cm³/mol. The molecule has 1 heterocycles. The van der Waals surface area contributed by atoms with Crippen molar-refractivity contribution in [2.75, 3.05) is 13.7 Å². The minimum atomic E-state index is -0.372. The van der Waals surface area contributed by atoms with Crippen LogP contribution in [0, 0.1) is 0 Å². The lowest BCUT2D eigenvalue weighted by Gasteiger charge is -2.15. The first-order valence-corrected chi connectivity index (χ1v) is 7.53. The predicted octanol–water partition coefficient (Wildman–Crippen LogP) is 2.03. The molecule has 122 valence electrons. The van der Waals surface area contributed by atoms with Gasteiger partial charge < -0.3 is 10.1 Å². The molecule has 7 heteroatoms. The number of hydrogen-bond donors (Lipinski definition) is 1. The zero-order valence-corrected chi connectivity index (χ0v) is 13.7. The van der Waals surface area contributed by atoms with Crippen molar-refractivity contribution in [1.29, 1.82) is 0 Å². The Hall–Kier alpha value is -2.18. The molecule has 6 nitrogen and oxygen atoms in total. The van der Waals surface area contributed by atoms with E-state index in [0.29, 0.717) is 11.6 Å². The van der Waals surface area contributed by atoms with Crippen molar-refractivity contribution < 1.29 is 9.53 Å². The van der Waals surface area contributed by atoms with Crippen LogP contribution < -0.4 is 10.9 Å². The molecule has 0 aliphatic carbocycles. The van der Waals surface area contributed by atoms with Crippen molar-refractivity contribution in [1.82, 2.24) is 15.1 Å². The lowest BCUT2D eigenvalue weighted by molar-refractivity contribution is 0.0931. The van der Waals surface area contributed by atoms with Crippen molar-refractivity contribution in [3.05, 3.63) is 63.0 Å². The highest BCUT2D eigenvalue weighted by Crippen LogP contribution is 2.22. The van der Waals surface area contributed by atoms with Crippen molar-refractivity contribution in [3.63, 3.8) is 0 Å². The van der Waals surface area contributed by atoms with Crippen LogP contribution in [0.3, 0.4) is 0 Å². The second-order valence-electron chi connectivity index (χ2n) is 4.99. The Morgan fingerprint density at radius 3 is 2.78 bits per heavy atom. The van der Waals surface area contributed by atoms with Crippen LogP contribution in [-0.2, 0) is 11.3 Å². The van der Waals surface area contributed by atoms with Gasteiger partial charge in [0.25, 0.3) is 11.5 Å². The van der Waals surface area contributed by atoms with Gasteiger partial charge in [0.1, 0.15) is 5.69 Å². The quantitative estimate of drug-likeness (QED) is 0.876. The van der Waals surface area contributed by atoms with Gasteiger partial charge in [-0.3, -0.25) is 9.59 Å². The van der Waals surface area contributed by atoms with E-state index in [-0.39, 0.29) is 29.7 Å². The third-order valence-electron chi connectivity index (χ3n) is 3.33. The van der Waals surface area contributed by atoms with Crippen LogP contribution in [0.15, 0.2) is 41.2 Å². The number of rotatable bonds is 6. The van der Waals surface area contributed by atoms with Crippen LogP contribution in [0.25, 0.3) is 0 Å². The number of hydrogen-bond acceptors (Lipinski definition) is 4. The molecule has 0 saturated heterocycles. The number of halogens is 1. The van der Waals surface area contributed by atoms with E-state index in [2.05, 4.69) is 10.4 Å². The van der Waals surface area contributed by atoms with Crippen LogP contribution in [0.2, 0.25) is 5.02 Å². The molecule has 1 unspecified atom stereocenters. The average Bonchev–Trinajstić information content (AvgIpc) is 2.54. The fourth-order valence-corrected chi connectivity index (χ4v) is 2.38. The molecule has 1 N–H and O–H groups in total. The first-order valence-electron chi connectivity index (χ1n) is 7.15. The van der Waals surface area contributed by atoms with Gasteiger partial charge in [-0.05, 0) is 24.6 Å². The molecule has 1 aromatic heterocycles. The van der Waals surface area contributed by atoms with Gasteiger partial charge in [0.05, 0.1) is 19.2 Å². The molecular weight excluding hydrogens is 318 g/mol. The Bertz CT molecular complexity index is 745. The van der Waals surface area contributed by atoms with E-state index in [1.807, 2.05) is 25.1 Å². The Kier molecular flexibility index (Phi) is 5.90. The number of carbonyl (C=O) groups is 1. The van der Waals surface area contributed by atoms with E-state index < -0.39 is 0 Å². The lowest BCUT2D eigenvalue weighted by Crippen LogP contribution is -2.31. The largest absolute Gasteiger partial charge is 0.383 e. The van der Waals surface area contributed by atoms with E-state index in [0.717, 1.165) is 5.56 Å². The zero-order valence-electron chi connectivity index (χ0n) is 13.0. The summed E-state index contributed by atoms with van der Waals surface area (Å²) in [4.78, 5) is 24.0. The number of aromatic nitrogens is 2. The van der Waals surface area contributed by atoms with Gasteiger partial charge in [-0.2, -0.15) is 5.10 Å². The zero-order chi connectivity index (χ0) is 16.8. The van der Waals surface area contributed by atoms with E-state index in [4.69, 9.17) is 16.3 Å². The fourth-order valence-electron chi connectivity index (χ4n) is 2.08.